The van der Waals surface area contributed by atoms with Crippen molar-refractivity contribution in [1.29, 1.82) is 0 Å². The molecular weight excluding hydrogens is 310 g/mol. The fraction of sp³-hybridized carbons (Fsp3) is 0.389. The van der Waals surface area contributed by atoms with Gasteiger partial charge in [-0.05, 0) is 46.8 Å². The molecule has 2 rings (SSSR count). The van der Waals surface area contributed by atoms with Crippen molar-refractivity contribution in [2.75, 3.05) is 11.5 Å². The van der Waals surface area contributed by atoms with E-state index >= 15 is 0 Å². The van der Waals surface area contributed by atoms with E-state index in [2.05, 4.69) is 0 Å². The van der Waals surface area contributed by atoms with E-state index in [1.807, 2.05) is 6.92 Å². The molecule has 0 atom stereocenters. The van der Waals surface area contributed by atoms with Crippen molar-refractivity contribution in [3.63, 3.8) is 0 Å². The number of fused-ring (bicyclic) bond motifs is 1. The Balaban J connectivity index is 2.48. The van der Waals surface area contributed by atoms with Crippen LogP contribution >= 0.6 is 0 Å². The zero-order valence-electron chi connectivity index (χ0n) is 14.5. The van der Waals surface area contributed by atoms with E-state index in [0.717, 1.165) is 16.5 Å². The minimum absolute atomic E-state index is 0.123. The number of aryl methyl sites for hydroxylation is 1. The first-order valence-electron chi connectivity index (χ1n) is 7.71. The summed E-state index contributed by atoms with van der Waals surface area (Å²) >= 11 is 0. The van der Waals surface area contributed by atoms with Gasteiger partial charge >= 0.3 is 12.1 Å². The zero-order valence-corrected chi connectivity index (χ0v) is 14.5. The van der Waals surface area contributed by atoms with Gasteiger partial charge < -0.3 is 9.47 Å². The van der Waals surface area contributed by atoms with Crippen LogP contribution in [0, 0.1) is 6.92 Å². The number of nitrogens with zero attached hydrogens (tertiary/aromatic N) is 1. The van der Waals surface area contributed by atoms with Crippen LogP contribution in [0.25, 0.3) is 5.57 Å². The van der Waals surface area contributed by atoms with Crippen molar-refractivity contribution in [2.45, 2.75) is 40.2 Å². The van der Waals surface area contributed by atoms with Crippen molar-refractivity contribution >= 4 is 29.2 Å². The molecule has 128 valence electrons. The van der Waals surface area contributed by atoms with Gasteiger partial charge in [-0.3, -0.25) is 4.79 Å². The lowest BCUT2D eigenvalue weighted by Gasteiger charge is -2.23. The Labute approximate surface area is 141 Å². The molecular formula is C18H21NO5. The van der Waals surface area contributed by atoms with E-state index in [1.165, 1.54) is 0 Å². The summed E-state index contributed by atoms with van der Waals surface area (Å²) in [5, 5.41) is 0. The van der Waals surface area contributed by atoms with E-state index < -0.39 is 23.6 Å². The number of ether oxygens (including phenoxy) is 2. The third-order valence-corrected chi connectivity index (χ3v) is 3.24. The van der Waals surface area contributed by atoms with Gasteiger partial charge in [0.2, 0.25) is 0 Å². The van der Waals surface area contributed by atoms with Crippen molar-refractivity contribution in [2.24, 2.45) is 0 Å². The minimum atomic E-state index is -0.773. The van der Waals surface area contributed by atoms with E-state index in [4.69, 9.17) is 9.47 Å². The van der Waals surface area contributed by atoms with Crippen molar-refractivity contribution in [3.05, 3.63) is 35.4 Å². The predicted octanol–water partition coefficient (Wildman–Crippen LogP) is 3.22. The topological polar surface area (TPSA) is 72.9 Å². The summed E-state index contributed by atoms with van der Waals surface area (Å²) in [6.45, 7) is 8.90. The quantitative estimate of drug-likeness (QED) is 0.614. The number of esters is 1. The summed E-state index contributed by atoms with van der Waals surface area (Å²) in [6.07, 6.45) is 0.346. The summed E-state index contributed by atoms with van der Waals surface area (Å²) in [4.78, 5) is 37.8. The number of imide groups is 1. The lowest BCUT2D eigenvalue weighted by molar-refractivity contribution is -0.137. The summed E-state index contributed by atoms with van der Waals surface area (Å²) < 4.78 is 10.2. The first kappa shape index (κ1) is 17.7. The first-order valence-corrected chi connectivity index (χ1v) is 7.71. The van der Waals surface area contributed by atoms with Crippen LogP contribution in [-0.2, 0) is 19.1 Å². The highest BCUT2D eigenvalue weighted by Gasteiger charge is 2.39. The van der Waals surface area contributed by atoms with Gasteiger partial charge in [-0.1, -0.05) is 11.6 Å². The van der Waals surface area contributed by atoms with Gasteiger partial charge in [0.25, 0.3) is 5.91 Å². The molecule has 6 nitrogen and oxygen atoms in total. The van der Waals surface area contributed by atoms with E-state index in [9.17, 15) is 14.4 Å². The Morgan fingerprint density at radius 1 is 1.25 bits per heavy atom. The molecule has 6 heteroatoms. The van der Waals surface area contributed by atoms with Crippen LogP contribution in [0.2, 0.25) is 0 Å². The number of hydrogen-bond acceptors (Lipinski definition) is 5. The maximum Gasteiger partial charge on any atom is 0.422 e. The molecule has 0 saturated heterocycles. The number of hydrogen-bond donors (Lipinski definition) is 0. The van der Waals surface area contributed by atoms with Crippen LogP contribution < -0.4 is 4.90 Å². The summed E-state index contributed by atoms with van der Waals surface area (Å²) in [5.41, 5.74) is 1.20. The molecule has 0 radical (unpaired) electrons. The SMILES string of the molecule is CCOC(=O)/C=C1/C(=O)N(C(=O)OC(C)(C)C)c2ccc(C)cc21. The number of benzene rings is 1. The highest BCUT2D eigenvalue weighted by atomic mass is 16.6. The molecule has 0 spiro atoms. The fourth-order valence-corrected chi connectivity index (χ4v) is 2.34. The molecule has 2 amide bonds. The Kier molecular flexibility index (Phi) is 4.78. The van der Waals surface area contributed by atoms with Crippen LogP contribution in [-0.4, -0.2) is 30.2 Å². The highest BCUT2D eigenvalue weighted by Crippen LogP contribution is 2.38. The number of carbonyl (C=O) groups is 3. The molecule has 24 heavy (non-hydrogen) atoms. The Hall–Kier alpha value is -2.63. The van der Waals surface area contributed by atoms with E-state index in [0.29, 0.717) is 11.3 Å². The highest BCUT2D eigenvalue weighted by molar-refractivity contribution is 6.40. The predicted molar refractivity (Wildman–Crippen MR) is 89.5 cm³/mol. The van der Waals surface area contributed by atoms with Crippen LogP contribution in [0.4, 0.5) is 10.5 Å². The molecule has 0 saturated carbocycles. The molecule has 0 fully saturated rings. The largest absolute Gasteiger partial charge is 0.463 e. The Morgan fingerprint density at radius 2 is 1.92 bits per heavy atom. The zero-order chi connectivity index (χ0) is 18.1. The fourth-order valence-electron chi connectivity index (χ4n) is 2.34. The molecule has 0 unspecified atom stereocenters. The van der Waals surface area contributed by atoms with Gasteiger partial charge in [-0.2, -0.15) is 0 Å². The third-order valence-electron chi connectivity index (χ3n) is 3.24. The molecule has 1 aromatic carbocycles. The van der Waals surface area contributed by atoms with Crippen molar-refractivity contribution in [1.82, 2.24) is 0 Å². The average Bonchev–Trinajstić information content (AvgIpc) is 2.70. The van der Waals surface area contributed by atoms with Gasteiger partial charge in [0, 0.05) is 11.6 Å². The van der Waals surface area contributed by atoms with Gasteiger partial charge in [0.05, 0.1) is 17.9 Å². The second-order valence-electron chi connectivity index (χ2n) is 6.45. The molecule has 0 aliphatic carbocycles. The number of amides is 2. The average molecular weight is 331 g/mol. The molecule has 1 aromatic rings. The van der Waals surface area contributed by atoms with Crippen molar-refractivity contribution in [3.8, 4) is 0 Å². The van der Waals surface area contributed by atoms with Crippen molar-refractivity contribution < 1.29 is 23.9 Å². The standard InChI is InChI=1S/C18H21NO5/c1-6-23-15(20)10-13-12-9-11(2)7-8-14(12)19(16(13)21)17(22)24-18(3,4)5/h7-10H,6H2,1-5H3/b13-10+. The minimum Gasteiger partial charge on any atom is -0.463 e. The maximum atomic E-state index is 12.7. The molecule has 1 aliphatic rings. The van der Waals surface area contributed by atoms with Gasteiger partial charge in [0.1, 0.15) is 5.60 Å². The molecule has 1 heterocycles. The Morgan fingerprint density at radius 3 is 2.50 bits per heavy atom. The molecule has 1 aliphatic heterocycles. The van der Waals surface area contributed by atoms with Gasteiger partial charge in [0.15, 0.2) is 0 Å². The molecule has 0 bridgehead atoms. The van der Waals surface area contributed by atoms with E-state index in [1.54, 1.807) is 45.9 Å². The Bertz CT molecular complexity index is 727. The number of anilines is 1. The normalized spacial score (nSPS) is 15.5. The number of carbonyl (C=O) groups excluding carboxylic acids is 3. The van der Waals surface area contributed by atoms with Crippen LogP contribution in [0.15, 0.2) is 24.3 Å². The summed E-state index contributed by atoms with van der Waals surface area (Å²) in [5.74, 6) is -1.22. The molecule has 0 aromatic heterocycles. The summed E-state index contributed by atoms with van der Waals surface area (Å²) in [7, 11) is 0. The lowest BCUT2D eigenvalue weighted by Crippen LogP contribution is -2.38. The monoisotopic (exact) mass is 331 g/mol. The van der Waals surface area contributed by atoms with Gasteiger partial charge in [-0.25, -0.2) is 14.5 Å². The maximum absolute atomic E-state index is 12.7. The lowest BCUT2D eigenvalue weighted by atomic mass is 10.0. The third kappa shape index (κ3) is 3.64. The van der Waals surface area contributed by atoms with Crippen LogP contribution in [0.3, 0.4) is 0 Å². The van der Waals surface area contributed by atoms with Crippen LogP contribution in [0.1, 0.15) is 38.8 Å². The second kappa shape index (κ2) is 6.47. The first-order chi connectivity index (χ1) is 11.1. The second-order valence-corrected chi connectivity index (χ2v) is 6.45. The summed E-state index contributed by atoms with van der Waals surface area (Å²) in [6, 6.07) is 5.21. The van der Waals surface area contributed by atoms with Gasteiger partial charge in [-0.15, -0.1) is 0 Å². The van der Waals surface area contributed by atoms with E-state index in [-0.39, 0.29) is 12.2 Å². The van der Waals surface area contributed by atoms with Crippen LogP contribution in [0.5, 0.6) is 0 Å². The molecule has 0 N–H and O–H groups in total. The smallest absolute Gasteiger partial charge is 0.422 e. The number of rotatable bonds is 2.